The molecule has 1 rings (SSSR count). The molecule has 0 aromatic heterocycles. The van der Waals surface area contributed by atoms with Gasteiger partial charge in [0.15, 0.2) is 0 Å². The Bertz CT molecular complexity index is 358. The monoisotopic (exact) mass is 270 g/mol. The van der Waals surface area contributed by atoms with Crippen molar-refractivity contribution in [3.05, 3.63) is 35.1 Å². The molecule has 4 heteroatoms. The summed E-state index contributed by atoms with van der Waals surface area (Å²) in [5.74, 6) is 0.973. The van der Waals surface area contributed by atoms with Crippen LogP contribution in [0.2, 0.25) is 0 Å². The molecule has 0 heterocycles. The van der Waals surface area contributed by atoms with Gasteiger partial charge in [0.05, 0.1) is 0 Å². The summed E-state index contributed by atoms with van der Waals surface area (Å²) in [5, 5.41) is 3.26. The summed E-state index contributed by atoms with van der Waals surface area (Å²) in [5.41, 5.74) is 1.93. The number of hydrogen-bond acceptors (Lipinski definition) is 3. The van der Waals surface area contributed by atoms with Crippen LogP contribution in [0.25, 0.3) is 0 Å². The van der Waals surface area contributed by atoms with Crippen molar-refractivity contribution >= 4 is 11.8 Å². The molecule has 0 aliphatic carbocycles. The van der Waals surface area contributed by atoms with Crippen LogP contribution in [0.1, 0.15) is 18.1 Å². The third-order valence-electron chi connectivity index (χ3n) is 2.81. The van der Waals surface area contributed by atoms with Gasteiger partial charge in [-0.3, -0.25) is 0 Å². The van der Waals surface area contributed by atoms with Crippen LogP contribution in [0.15, 0.2) is 18.2 Å². The van der Waals surface area contributed by atoms with E-state index in [4.69, 9.17) is 0 Å². The van der Waals surface area contributed by atoms with E-state index in [9.17, 15) is 4.39 Å². The van der Waals surface area contributed by atoms with Crippen LogP contribution in [0.3, 0.4) is 0 Å². The van der Waals surface area contributed by atoms with Crippen molar-refractivity contribution in [1.29, 1.82) is 0 Å². The molecule has 2 nitrogen and oxygen atoms in total. The molecular formula is C14H23FN2S. The zero-order valence-corrected chi connectivity index (χ0v) is 12.3. The molecule has 0 atom stereocenters. The Kier molecular flexibility index (Phi) is 7.32. The van der Waals surface area contributed by atoms with Crippen LogP contribution in [0, 0.1) is 5.82 Å². The van der Waals surface area contributed by atoms with Crippen molar-refractivity contribution in [3.8, 4) is 0 Å². The Morgan fingerprint density at radius 3 is 2.83 bits per heavy atom. The maximum atomic E-state index is 13.7. The highest BCUT2D eigenvalue weighted by Gasteiger charge is 2.06. The highest BCUT2D eigenvalue weighted by atomic mass is 32.2. The average molecular weight is 270 g/mol. The van der Waals surface area contributed by atoms with Gasteiger partial charge in [-0.15, -0.1) is 0 Å². The van der Waals surface area contributed by atoms with Crippen LogP contribution in [-0.4, -0.2) is 37.0 Å². The van der Waals surface area contributed by atoms with Crippen molar-refractivity contribution < 1.29 is 4.39 Å². The molecule has 18 heavy (non-hydrogen) atoms. The Labute approximate surface area is 114 Å². The lowest BCUT2D eigenvalue weighted by molar-refractivity contribution is 0.342. The van der Waals surface area contributed by atoms with E-state index in [1.165, 1.54) is 0 Å². The van der Waals surface area contributed by atoms with Gasteiger partial charge < -0.3 is 10.2 Å². The average Bonchev–Trinajstić information content (AvgIpc) is 2.37. The van der Waals surface area contributed by atoms with Crippen LogP contribution in [-0.2, 0) is 13.1 Å². The van der Waals surface area contributed by atoms with Gasteiger partial charge in [-0.25, -0.2) is 4.39 Å². The molecule has 0 saturated heterocycles. The minimum absolute atomic E-state index is 0.105. The molecule has 0 radical (unpaired) electrons. The Morgan fingerprint density at radius 2 is 2.17 bits per heavy atom. The second-order valence-electron chi connectivity index (χ2n) is 4.44. The molecule has 0 fully saturated rings. The summed E-state index contributed by atoms with van der Waals surface area (Å²) >= 11 is 1.81. The summed E-state index contributed by atoms with van der Waals surface area (Å²) in [4.78, 5) is 2.16. The van der Waals surface area contributed by atoms with E-state index in [0.29, 0.717) is 6.54 Å². The van der Waals surface area contributed by atoms with Crippen LogP contribution in [0.4, 0.5) is 4.39 Å². The topological polar surface area (TPSA) is 15.3 Å². The first-order valence-electron chi connectivity index (χ1n) is 6.32. The summed E-state index contributed by atoms with van der Waals surface area (Å²) in [6.07, 6.45) is 2.09. The standard InChI is InChI=1S/C14H23FN2S/c1-4-16-10-12-5-6-14(15)13(9-12)11-17(2)7-8-18-3/h5-6,9,16H,4,7-8,10-11H2,1-3H3. The predicted octanol–water partition coefficient (Wildman–Crippen LogP) is 2.73. The first kappa shape index (κ1) is 15.5. The lowest BCUT2D eigenvalue weighted by Crippen LogP contribution is -2.21. The lowest BCUT2D eigenvalue weighted by Gasteiger charge is -2.17. The number of halogens is 1. The van der Waals surface area contributed by atoms with Crippen molar-refractivity contribution in [2.45, 2.75) is 20.0 Å². The van der Waals surface area contributed by atoms with Crippen LogP contribution in [0.5, 0.6) is 0 Å². The molecule has 0 bridgehead atoms. The molecule has 0 saturated carbocycles. The Morgan fingerprint density at radius 1 is 1.39 bits per heavy atom. The first-order chi connectivity index (χ1) is 8.67. The lowest BCUT2D eigenvalue weighted by atomic mass is 10.1. The van der Waals surface area contributed by atoms with E-state index >= 15 is 0 Å². The summed E-state index contributed by atoms with van der Waals surface area (Å²) in [6.45, 7) is 5.46. The van der Waals surface area contributed by atoms with E-state index in [1.54, 1.807) is 6.07 Å². The molecule has 0 unspecified atom stereocenters. The fourth-order valence-corrected chi connectivity index (χ4v) is 2.24. The van der Waals surface area contributed by atoms with Gasteiger partial charge in [-0.2, -0.15) is 11.8 Å². The Hall–Kier alpha value is -0.580. The number of nitrogens with zero attached hydrogens (tertiary/aromatic N) is 1. The van der Waals surface area contributed by atoms with Crippen LogP contribution < -0.4 is 5.32 Å². The Balaban J connectivity index is 2.62. The normalized spacial score (nSPS) is 11.2. The molecule has 0 spiro atoms. The van der Waals surface area contributed by atoms with E-state index in [1.807, 2.05) is 30.9 Å². The molecule has 0 amide bonds. The smallest absolute Gasteiger partial charge is 0.127 e. The summed E-state index contributed by atoms with van der Waals surface area (Å²) in [7, 11) is 2.03. The highest BCUT2D eigenvalue weighted by Crippen LogP contribution is 2.13. The maximum absolute atomic E-state index is 13.7. The van der Waals surface area contributed by atoms with E-state index in [2.05, 4.69) is 23.4 Å². The third kappa shape index (κ3) is 5.38. The second-order valence-corrected chi connectivity index (χ2v) is 5.42. The van der Waals surface area contributed by atoms with Crippen molar-refractivity contribution in [2.24, 2.45) is 0 Å². The van der Waals surface area contributed by atoms with Gasteiger partial charge in [-0.05, 0) is 31.5 Å². The molecular weight excluding hydrogens is 247 g/mol. The molecule has 0 aliphatic heterocycles. The van der Waals surface area contributed by atoms with Crippen molar-refractivity contribution in [2.75, 3.05) is 32.1 Å². The number of thioether (sulfide) groups is 1. The molecule has 1 N–H and O–H groups in total. The summed E-state index contributed by atoms with van der Waals surface area (Å²) in [6, 6.07) is 5.39. The summed E-state index contributed by atoms with van der Waals surface area (Å²) < 4.78 is 13.7. The number of rotatable bonds is 8. The molecule has 0 aliphatic rings. The number of nitrogens with one attached hydrogen (secondary N) is 1. The second kappa shape index (κ2) is 8.51. The fraction of sp³-hybridized carbons (Fsp3) is 0.571. The zero-order valence-electron chi connectivity index (χ0n) is 11.5. The van der Waals surface area contributed by atoms with Gasteiger partial charge >= 0.3 is 0 Å². The number of hydrogen-bond donors (Lipinski definition) is 1. The quantitative estimate of drug-likeness (QED) is 0.782. The fourth-order valence-electron chi connectivity index (χ4n) is 1.75. The van der Waals surface area contributed by atoms with Crippen molar-refractivity contribution in [3.63, 3.8) is 0 Å². The minimum atomic E-state index is -0.105. The SMILES string of the molecule is CCNCc1ccc(F)c(CN(C)CCSC)c1. The van der Waals surface area contributed by atoms with Crippen LogP contribution >= 0.6 is 11.8 Å². The van der Waals surface area contributed by atoms with Gasteiger partial charge in [0, 0.05) is 31.0 Å². The van der Waals surface area contributed by atoms with Crippen molar-refractivity contribution in [1.82, 2.24) is 10.2 Å². The highest BCUT2D eigenvalue weighted by molar-refractivity contribution is 7.98. The number of benzene rings is 1. The zero-order chi connectivity index (χ0) is 13.4. The largest absolute Gasteiger partial charge is 0.313 e. The first-order valence-corrected chi connectivity index (χ1v) is 7.72. The maximum Gasteiger partial charge on any atom is 0.127 e. The van der Waals surface area contributed by atoms with Gasteiger partial charge in [0.2, 0.25) is 0 Å². The predicted molar refractivity (Wildman–Crippen MR) is 78.5 cm³/mol. The van der Waals surface area contributed by atoms with Gasteiger partial charge in [-0.1, -0.05) is 19.1 Å². The van der Waals surface area contributed by atoms with Gasteiger partial charge in [0.25, 0.3) is 0 Å². The third-order valence-corrected chi connectivity index (χ3v) is 3.40. The van der Waals surface area contributed by atoms with E-state index < -0.39 is 0 Å². The van der Waals surface area contributed by atoms with Gasteiger partial charge in [0.1, 0.15) is 5.82 Å². The van der Waals surface area contributed by atoms with E-state index in [-0.39, 0.29) is 5.82 Å². The molecule has 102 valence electrons. The minimum Gasteiger partial charge on any atom is -0.313 e. The molecule has 1 aromatic carbocycles. The molecule has 1 aromatic rings. The van der Waals surface area contributed by atoms with E-state index in [0.717, 1.165) is 36.5 Å².